The molecule has 0 bridgehead atoms. The van der Waals surface area contributed by atoms with Crippen molar-refractivity contribution in [2.45, 2.75) is 50.7 Å². The van der Waals surface area contributed by atoms with E-state index in [1.165, 1.54) is 0 Å². The molecule has 2 atom stereocenters. The Morgan fingerprint density at radius 3 is 3.12 bits per heavy atom. The van der Waals surface area contributed by atoms with E-state index in [1.807, 2.05) is 6.07 Å². The second-order valence-corrected chi connectivity index (χ2v) is 4.77. The molecule has 2 rings (SSSR count). The van der Waals surface area contributed by atoms with Gasteiger partial charge in [-0.15, -0.1) is 0 Å². The SMILES string of the molecule is CCCC1CC(O)(Cc2ccoc2)CCO1. The van der Waals surface area contributed by atoms with Crippen LogP contribution in [0.1, 0.15) is 38.2 Å². The first kappa shape index (κ1) is 11.7. The lowest BCUT2D eigenvalue weighted by Gasteiger charge is -2.36. The van der Waals surface area contributed by atoms with Gasteiger partial charge in [-0.25, -0.2) is 0 Å². The third kappa shape index (κ3) is 2.86. The summed E-state index contributed by atoms with van der Waals surface area (Å²) in [6.07, 6.45) is 7.86. The van der Waals surface area contributed by atoms with E-state index in [-0.39, 0.29) is 6.10 Å². The third-order valence-electron chi connectivity index (χ3n) is 3.25. The summed E-state index contributed by atoms with van der Waals surface area (Å²) >= 11 is 0. The van der Waals surface area contributed by atoms with Crippen molar-refractivity contribution in [3.05, 3.63) is 24.2 Å². The monoisotopic (exact) mass is 224 g/mol. The first-order chi connectivity index (χ1) is 7.72. The van der Waals surface area contributed by atoms with Crippen molar-refractivity contribution < 1.29 is 14.3 Å². The van der Waals surface area contributed by atoms with Crippen molar-refractivity contribution in [1.82, 2.24) is 0 Å². The molecule has 1 saturated heterocycles. The van der Waals surface area contributed by atoms with Crippen molar-refractivity contribution in [1.29, 1.82) is 0 Å². The van der Waals surface area contributed by atoms with Crippen LogP contribution in [-0.2, 0) is 11.2 Å². The minimum Gasteiger partial charge on any atom is -0.472 e. The molecule has 90 valence electrons. The molecule has 1 aliphatic rings. The van der Waals surface area contributed by atoms with Crippen LogP contribution < -0.4 is 0 Å². The summed E-state index contributed by atoms with van der Waals surface area (Å²) in [5.74, 6) is 0. The van der Waals surface area contributed by atoms with Gasteiger partial charge in [0.05, 0.1) is 24.2 Å². The maximum atomic E-state index is 10.5. The van der Waals surface area contributed by atoms with Crippen molar-refractivity contribution in [2.24, 2.45) is 0 Å². The van der Waals surface area contributed by atoms with Crippen molar-refractivity contribution in [2.75, 3.05) is 6.61 Å². The Morgan fingerprint density at radius 2 is 2.44 bits per heavy atom. The highest BCUT2D eigenvalue weighted by atomic mass is 16.5. The Kier molecular flexibility index (Phi) is 3.66. The largest absolute Gasteiger partial charge is 0.472 e. The van der Waals surface area contributed by atoms with Gasteiger partial charge >= 0.3 is 0 Å². The molecule has 0 radical (unpaired) electrons. The Bertz CT molecular complexity index is 305. The van der Waals surface area contributed by atoms with Gasteiger partial charge in [-0.3, -0.25) is 0 Å². The molecule has 0 aliphatic carbocycles. The lowest BCUT2D eigenvalue weighted by molar-refractivity contribution is -0.105. The zero-order valence-corrected chi connectivity index (χ0v) is 9.82. The molecule has 2 heterocycles. The van der Waals surface area contributed by atoms with Gasteiger partial charge in [0.25, 0.3) is 0 Å². The van der Waals surface area contributed by atoms with E-state index in [0.29, 0.717) is 13.0 Å². The standard InChI is InChI=1S/C13H20O3/c1-2-3-12-9-13(14,5-7-16-12)8-11-4-6-15-10-11/h4,6,10,12,14H,2-3,5,7-9H2,1H3. The van der Waals surface area contributed by atoms with Gasteiger partial charge in [0.15, 0.2) is 0 Å². The van der Waals surface area contributed by atoms with Crippen LogP contribution in [0, 0.1) is 0 Å². The van der Waals surface area contributed by atoms with E-state index in [0.717, 1.165) is 31.2 Å². The van der Waals surface area contributed by atoms with Crippen LogP contribution in [0.4, 0.5) is 0 Å². The molecule has 1 aromatic rings. The van der Waals surface area contributed by atoms with E-state index in [2.05, 4.69) is 6.92 Å². The van der Waals surface area contributed by atoms with E-state index in [1.54, 1.807) is 12.5 Å². The highest BCUT2D eigenvalue weighted by molar-refractivity contribution is 5.10. The van der Waals surface area contributed by atoms with E-state index < -0.39 is 5.60 Å². The van der Waals surface area contributed by atoms with Crippen molar-refractivity contribution in [3.63, 3.8) is 0 Å². The fourth-order valence-electron chi connectivity index (χ4n) is 2.44. The minimum absolute atomic E-state index is 0.218. The quantitative estimate of drug-likeness (QED) is 0.854. The molecule has 1 aromatic heterocycles. The minimum atomic E-state index is -0.609. The maximum absolute atomic E-state index is 10.5. The fraction of sp³-hybridized carbons (Fsp3) is 0.692. The lowest BCUT2D eigenvalue weighted by Crippen LogP contribution is -2.42. The van der Waals surface area contributed by atoms with Crippen LogP contribution in [0.5, 0.6) is 0 Å². The molecule has 1 fully saturated rings. The van der Waals surface area contributed by atoms with Gasteiger partial charge in [0.1, 0.15) is 0 Å². The molecule has 0 spiro atoms. The van der Waals surface area contributed by atoms with Gasteiger partial charge in [0.2, 0.25) is 0 Å². The van der Waals surface area contributed by atoms with E-state index in [4.69, 9.17) is 9.15 Å². The Morgan fingerprint density at radius 1 is 1.56 bits per heavy atom. The van der Waals surface area contributed by atoms with Gasteiger partial charge in [-0.1, -0.05) is 13.3 Å². The Balaban J connectivity index is 1.95. The highest BCUT2D eigenvalue weighted by Gasteiger charge is 2.34. The predicted octanol–water partition coefficient (Wildman–Crippen LogP) is 2.53. The predicted molar refractivity (Wildman–Crippen MR) is 61.2 cm³/mol. The van der Waals surface area contributed by atoms with Crippen LogP contribution in [0.15, 0.2) is 23.0 Å². The lowest BCUT2D eigenvalue weighted by atomic mass is 9.84. The summed E-state index contributed by atoms with van der Waals surface area (Å²) in [6.45, 7) is 2.81. The molecule has 0 saturated carbocycles. The number of aliphatic hydroxyl groups is 1. The number of ether oxygens (including phenoxy) is 1. The van der Waals surface area contributed by atoms with Crippen molar-refractivity contribution in [3.8, 4) is 0 Å². The molecule has 1 aliphatic heterocycles. The second kappa shape index (κ2) is 5.02. The summed E-state index contributed by atoms with van der Waals surface area (Å²) in [5.41, 5.74) is 0.460. The van der Waals surface area contributed by atoms with Crippen LogP contribution in [-0.4, -0.2) is 23.4 Å². The van der Waals surface area contributed by atoms with Gasteiger partial charge in [-0.05, 0) is 24.5 Å². The zero-order chi connectivity index (χ0) is 11.4. The second-order valence-electron chi connectivity index (χ2n) is 4.77. The zero-order valence-electron chi connectivity index (χ0n) is 9.82. The molecule has 2 unspecified atom stereocenters. The van der Waals surface area contributed by atoms with E-state index in [9.17, 15) is 5.11 Å². The fourth-order valence-corrected chi connectivity index (χ4v) is 2.44. The molecule has 3 heteroatoms. The van der Waals surface area contributed by atoms with E-state index >= 15 is 0 Å². The first-order valence-corrected chi connectivity index (χ1v) is 6.07. The Labute approximate surface area is 96.4 Å². The summed E-state index contributed by atoms with van der Waals surface area (Å²) in [6, 6.07) is 1.92. The third-order valence-corrected chi connectivity index (χ3v) is 3.25. The maximum Gasteiger partial charge on any atom is 0.0935 e. The summed E-state index contributed by atoms with van der Waals surface area (Å²) in [5, 5.41) is 10.5. The average Bonchev–Trinajstić information content (AvgIpc) is 2.70. The summed E-state index contributed by atoms with van der Waals surface area (Å²) in [4.78, 5) is 0. The number of hydrogen-bond donors (Lipinski definition) is 1. The first-order valence-electron chi connectivity index (χ1n) is 6.07. The molecule has 0 amide bonds. The normalized spacial score (nSPS) is 30.5. The van der Waals surface area contributed by atoms with Crippen LogP contribution >= 0.6 is 0 Å². The molecular formula is C13H20O3. The number of rotatable bonds is 4. The topological polar surface area (TPSA) is 42.6 Å². The Hall–Kier alpha value is -0.800. The molecular weight excluding hydrogens is 204 g/mol. The number of hydrogen-bond acceptors (Lipinski definition) is 3. The smallest absolute Gasteiger partial charge is 0.0935 e. The summed E-state index contributed by atoms with van der Waals surface area (Å²) < 4.78 is 10.7. The van der Waals surface area contributed by atoms with Gasteiger partial charge in [-0.2, -0.15) is 0 Å². The summed E-state index contributed by atoms with van der Waals surface area (Å²) in [7, 11) is 0. The average molecular weight is 224 g/mol. The van der Waals surface area contributed by atoms with Gasteiger partial charge < -0.3 is 14.3 Å². The number of furan rings is 1. The van der Waals surface area contributed by atoms with Crippen LogP contribution in [0.25, 0.3) is 0 Å². The molecule has 0 aromatic carbocycles. The highest BCUT2D eigenvalue weighted by Crippen LogP contribution is 2.30. The van der Waals surface area contributed by atoms with Gasteiger partial charge in [0, 0.05) is 19.4 Å². The molecule has 16 heavy (non-hydrogen) atoms. The van der Waals surface area contributed by atoms with Crippen LogP contribution in [0.3, 0.4) is 0 Å². The molecule has 1 N–H and O–H groups in total. The molecule has 3 nitrogen and oxygen atoms in total. The van der Waals surface area contributed by atoms with Crippen molar-refractivity contribution >= 4 is 0 Å². The van der Waals surface area contributed by atoms with Crippen LogP contribution in [0.2, 0.25) is 0 Å².